The Hall–Kier alpha value is -0.610. The zero-order chi connectivity index (χ0) is 12.6. The van der Waals surface area contributed by atoms with Crippen LogP contribution in [0.25, 0.3) is 10.9 Å². The molecule has 90 valence electrons. The van der Waals surface area contributed by atoms with Crippen LogP contribution in [-0.4, -0.2) is 12.0 Å². The van der Waals surface area contributed by atoms with Crippen LogP contribution in [0.2, 0.25) is 0 Å². The van der Waals surface area contributed by atoms with E-state index < -0.39 is 0 Å². The molecule has 0 aliphatic carbocycles. The minimum Gasteiger partial charge on any atom is -0.373 e. The van der Waals surface area contributed by atoms with E-state index in [2.05, 4.69) is 62.1 Å². The molecule has 0 fully saturated rings. The van der Waals surface area contributed by atoms with Crippen molar-refractivity contribution in [2.45, 2.75) is 19.8 Å². The van der Waals surface area contributed by atoms with Gasteiger partial charge in [0.05, 0.1) is 5.52 Å². The van der Waals surface area contributed by atoms with Gasteiger partial charge in [0.25, 0.3) is 0 Å². The molecule has 1 aromatic carbocycles. The number of hydrogen-bond donors (Lipinski definition) is 1. The lowest BCUT2D eigenvalue weighted by molar-refractivity contribution is 0.864. The first-order valence-electron chi connectivity index (χ1n) is 5.51. The van der Waals surface area contributed by atoms with Crippen molar-refractivity contribution < 1.29 is 0 Å². The van der Waals surface area contributed by atoms with Gasteiger partial charge in [0.1, 0.15) is 5.82 Å². The molecule has 0 aliphatic heterocycles. The average molecular weight is 358 g/mol. The van der Waals surface area contributed by atoms with Gasteiger partial charge in [0.15, 0.2) is 0 Å². The number of nitrogens with one attached hydrogen (secondary N) is 1. The predicted octanol–water partition coefficient (Wildman–Crippen LogP) is 4.92. The van der Waals surface area contributed by atoms with Crippen LogP contribution < -0.4 is 5.32 Å². The third-order valence-corrected chi connectivity index (χ3v) is 4.10. The molecule has 0 saturated heterocycles. The summed E-state index contributed by atoms with van der Waals surface area (Å²) in [5.41, 5.74) is 2.21. The molecular formula is C13H14Br2N2. The second-order valence-electron chi connectivity index (χ2n) is 4.26. The van der Waals surface area contributed by atoms with Crippen molar-refractivity contribution in [3.8, 4) is 0 Å². The Morgan fingerprint density at radius 1 is 1.18 bits per heavy atom. The van der Waals surface area contributed by atoms with E-state index in [4.69, 9.17) is 0 Å². The molecule has 1 N–H and O–H groups in total. The van der Waals surface area contributed by atoms with Crippen LogP contribution in [0, 0.1) is 0 Å². The minimum atomic E-state index is 0.445. The number of rotatable bonds is 2. The van der Waals surface area contributed by atoms with Crippen LogP contribution in [0.3, 0.4) is 0 Å². The molecule has 0 atom stereocenters. The summed E-state index contributed by atoms with van der Waals surface area (Å²) in [6, 6.07) is 6.25. The maximum absolute atomic E-state index is 4.69. The quantitative estimate of drug-likeness (QED) is 0.824. The summed E-state index contributed by atoms with van der Waals surface area (Å²) in [6.07, 6.45) is 0. The highest BCUT2D eigenvalue weighted by Crippen LogP contribution is 2.34. The fraction of sp³-hybridized carbons (Fsp3) is 0.308. The van der Waals surface area contributed by atoms with Crippen molar-refractivity contribution in [1.29, 1.82) is 0 Å². The summed E-state index contributed by atoms with van der Waals surface area (Å²) in [5.74, 6) is 1.39. The monoisotopic (exact) mass is 356 g/mol. The maximum atomic E-state index is 4.69. The smallest absolute Gasteiger partial charge is 0.129 e. The Kier molecular flexibility index (Phi) is 3.73. The van der Waals surface area contributed by atoms with Crippen molar-refractivity contribution in [1.82, 2.24) is 4.98 Å². The van der Waals surface area contributed by atoms with Gasteiger partial charge in [-0.3, -0.25) is 0 Å². The number of benzene rings is 1. The van der Waals surface area contributed by atoms with E-state index in [-0.39, 0.29) is 0 Å². The first-order chi connectivity index (χ1) is 8.04. The summed E-state index contributed by atoms with van der Waals surface area (Å²) in [5, 5.41) is 4.31. The Balaban J connectivity index is 2.83. The van der Waals surface area contributed by atoms with Gasteiger partial charge in [0.2, 0.25) is 0 Å². The number of halogens is 2. The van der Waals surface area contributed by atoms with Gasteiger partial charge in [-0.05, 0) is 45.6 Å². The largest absolute Gasteiger partial charge is 0.373 e. The lowest BCUT2D eigenvalue weighted by Crippen LogP contribution is -2.01. The van der Waals surface area contributed by atoms with Crippen molar-refractivity contribution in [3.63, 3.8) is 0 Å². The topological polar surface area (TPSA) is 24.9 Å². The van der Waals surface area contributed by atoms with Crippen molar-refractivity contribution in [3.05, 3.63) is 32.7 Å². The first kappa shape index (κ1) is 12.8. The molecule has 0 amide bonds. The Morgan fingerprint density at radius 3 is 2.41 bits per heavy atom. The molecule has 1 heterocycles. The second kappa shape index (κ2) is 4.94. The van der Waals surface area contributed by atoms with E-state index in [1.807, 2.05) is 19.2 Å². The lowest BCUT2D eigenvalue weighted by Gasteiger charge is -2.14. The molecule has 0 aliphatic rings. The zero-order valence-electron chi connectivity index (χ0n) is 10.0. The lowest BCUT2D eigenvalue weighted by atomic mass is 10.0. The summed E-state index contributed by atoms with van der Waals surface area (Å²) in [7, 11) is 1.91. The summed E-state index contributed by atoms with van der Waals surface area (Å²) < 4.78 is 2.09. The highest BCUT2D eigenvalue weighted by molar-refractivity contribution is 9.11. The first-order valence-corrected chi connectivity index (χ1v) is 7.09. The van der Waals surface area contributed by atoms with Crippen LogP contribution in [0.4, 0.5) is 5.82 Å². The molecule has 4 heteroatoms. The molecule has 2 aromatic rings. The Labute approximate surface area is 118 Å². The van der Waals surface area contributed by atoms with Crippen LogP contribution in [0.5, 0.6) is 0 Å². The third kappa shape index (κ3) is 2.33. The number of fused-ring (bicyclic) bond motifs is 1. The van der Waals surface area contributed by atoms with Crippen LogP contribution in [0.15, 0.2) is 27.1 Å². The molecule has 0 spiro atoms. The van der Waals surface area contributed by atoms with Gasteiger partial charge in [0, 0.05) is 21.4 Å². The molecule has 2 rings (SSSR count). The second-order valence-corrected chi connectivity index (χ2v) is 5.96. The highest BCUT2D eigenvalue weighted by Gasteiger charge is 2.12. The number of aromatic nitrogens is 1. The molecule has 1 aromatic heterocycles. The highest BCUT2D eigenvalue weighted by atomic mass is 79.9. The van der Waals surface area contributed by atoms with Gasteiger partial charge >= 0.3 is 0 Å². The van der Waals surface area contributed by atoms with E-state index in [1.54, 1.807) is 0 Å². The van der Waals surface area contributed by atoms with Crippen molar-refractivity contribution in [2.24, 2.45) is 0 Å². The summed E-state index contributed by atoms with van der Waals surface area (Å²) in [4.78, 5) is 4.69. The van der Waals surface area contributed by atoms with Crippen LogP contribution >= 0.6 is 31.9 Å². The molecule has 0 saturated carbocycles. The SMILES string of the molecule is CNc1nc2c(Br)ccc(Br)c2cc1C(C)C. The van der Waals surface area contributed by atoms with Crippen molar-refractivity contribution >= 4 is 48.6 Å². The third-order valence-electron chi connectivity index (χ3n) is 2.77. The van der Waals surface area contributed by atoms with Crippen LogP contribution in [-0.2, 0) is 0 Å². The molecular weight excluding hydrogens is 344 g/mol. The van der Waals surface area contributed by atoms with E-state index in [9.17, 15) is 0 Å². The predicted molar refractivity (Wildman–Crippen MR) is 80.8 cm³/mol. The Bertz CT molecular complexity index is 565. The molecule has 2 nitrogen and oxygen atoms in total. The normalized spacial score (nSPS) is 11.2. The van der Waals surface area contributed by atoms with E-state index in [1.165, 1.54) is 5.56 Å². The average Bonchev–Trinajstić information content (AvgIpc) is 2.32. The van der Waals surface area contributed by atoms with Gasteiger partial charge in [-0.1, -0.05) is 29.8 Å². The van der Waals surface area contributed by atoms with Crippen molar-refractivity contribution in [2.75, 3.05) is 12.4 Å². The van der Waals surface area contributed by atoms with Gasteiger partial charge in [-0.25, -0.2) is 4.98 Å². The zero-order valence-corrected chi connectivity index (χ0v) is 13.2. The molecule has 17 heavy (non-hydrogen) atoms. The fourth-order valence-corrected chi connectivity index (χ4v) is 2.72. The molecule has 0 bridgehead atoms. The molecule has 0 unspecified atom stereocenters. The fourth-order valence-electron chi connectivity index (χ4n) is 1.85. The van der Waals surface area contributed by atoms with Gasteiger partial charge in [-0.15, -0.1) is 0 Å². The van der Waals surface area contributed by atoms with Gasteiger partial charge < -0.3 is 5.32 Å². The van der Waals surface area contributed by atoms with Crippen LogP contribution in [0.1, 0.15) is 25.3 Å². The minimum absolute atomic E-state index is 0.445. The van der Waals surface area contributed by atoms with Gasteiger partial charge in [-0.2, -0.15) is 0 Å². The molecule has 0 radical (unpaired) electrons. The Morgan fingerprint density at radius 2 is 1.82 bits per heavy atom. The number of hydrogen-bond acceptors (Lipinski definition) is 2. The summed E-state index contributed by atoms with van der Waals surface area (Å²) >= 11 is 7.12. The van der Waals surface area contributed by atoms with E-state index in [0.29, 0.717) is 5.92 Å². The van der Waals surface area contributed by atoms with E-state index in [0.717, 1.165) is 25.7 Å². The number of nitrogens with zero attached hydrogens (tertiary/aromatic N) is 1. The summed E-state index contributed by atoms with van der Waals surface area (Å²) in [6.45, 7) is 4.35. The maximum Gasteiger partial charge on any atom is 0.129 e. The standard InChI is InChI=1S/C13H14Br2N2/c1-7(2)8-6-9-10(14)4-5-11(15)12(9)17-13(8)16-3/h4-7H,1-3H3,(H,16,17). The van der Waals surface area contributed by atoms with E-state index >= 15 is 0 Å². The number of pyridine rings is 1. The number of anilines is 1.